The lowest BCUT2D eigenvalue weighted by Gasteiger charge is -2.20. The van der Waals surface area contributed by atoms with E-state index in [1.165, 1.54) is 54.8 Å². The summed E-state index contributed by atoms with van der Waals surface area (Å²) in [6.45, 7) is 2.10. The van der Waals surface area contributed by atoms with Gasteiger partial charge in [-0.2, -0.15) is 0 Å². The van der Waals surface area contributed by atoms with Crippen LogP contribution >= 0.6 is 11.8 Å². The summed E-state index contributed by atoms with van der Waals surface area (Å²) in [5, 5.41) is 5.33. The highest BCUT2D eigenvalue weighted by Gasteiger charge is 2.14. The van der Waals surface area contributed by atoms with Crippen LogP contribution in [0, 0.1) is 6.92 Å². The summed E-state index contributed by atoms with van der Waals surface area (Å²) in [5.41, 5.74) is 2.21. The molecule has 1 aliphatic carbocycles. The number of pyridine rings is 1. The average Bonchev–Trinajstić information content (AvgIpc) is 2.55. The Morgan fingerprint density at radius 1 is 1.17 bits per heavy atom. The highest BCUT2D eigenvalue weighted by molar-refractivity contribution is 7.99. The molecule has 0 spiro atoms. The highest BCUT2D eigenvalue weighted by Crippen LogP contribution is 2.23. The van der Waals surface area contributed by atoms with Crippen molar-refractivity contribution in [3.8, 4) is 0 Å². The van der Waals surface area contributed by atoms with Gasteiger partial charge in [0.1, 0.15) is 0 Å². The highest BCUT2D eigenvalue weighted by atomic mass is 32.2. The van der Waals surface area contributed by atoms with Crippen LogP contribution in [0.3, 0.4) is 0 Å². The van der Waals surface area contributed by atoms with E-state index in [1.807, 2.05) is 18.2 Å². The Hall–Kier alpha value is -1.55. The third-order valence-corrected chi connectivity index (χ3v) is 5.63. The number of carbonyl (C=O) groups is 1. The van der Waals surface area contributed by atoms with Crippen molar-refractivity contribution in [1.82, 2.24) is 10.3 Å². The van der Waals surface area contributed by atoms with Crippen molar-refractivity contribution in [3.05, 3.63) is 35.9 Å². The smallest absolute Gasteiger partial charge is 0.230 e. The molecule has 3 nitrogen and oxygen atoms in total. The number of thioether (sulfide) groups is 1. The molecule has 0 radical (unpaired) electrons. The van der Waals surface area contributed by atoms with Crippen molar-refractivity contribution < 1.29 is 4.79 Å². The van der Waals surface area contributed by atoms with Crippen LogP contribution in [-0.4, -0.2) is 22.7 Å². The zero-order valence-electron chi connectivity index (χ0n) is 14.4. The molecule has 24 heavy (non-hydrogen) atoms. The van der Waals surface area contributed by atoms with E-state index in [9.17, 15) is 4.79 Å². The maximum atomic E-state index is 12.3. The van der Waals surface area contributed by atoms with Crippen molar-refractivity contribution in [2.24, 2.45) is 0 Å². The van der Waals surface area contributed by atoms with Crippen LogP contribution in [0.1, 0.15) is 50.5 Å². The zero-order chi connectivity index (χ0) is 16.8. The zero-order valence-corrected chi connectivity index (χ0v) is 15.2. The molecule has 1 aromatic carbocycles. The van der Waals surface area contributed by atoms with Crippen molar-refractivity contribution in [2.45, 2.75) is 62.9 Å². The molecule has 0 bridgehead atoms. The molecule has 0 atom stereocenters. The van der Waals surface area contributed by atoms with Gasteiger partial charge in [-0.1, -0.05) is 62.1 Å². The Balaban J connectivity index is 1.55. The SMILES string of the molecule is Cc1cc(SCC(=O)NC2CCCCCCC2)nc2ccccc12. The minimum atomic E-state index is 0.137. The molecule has 1 N–H and O–H groups in total. The summed E-state index contributed by atoms with van der Waals surface area (Å²) in [5.74, 6) is 0.583. The number of nitrogens with zero attached hydrogens (tertiary/aromatic N) is 1. The number of nitrogens with one attached hydrogen (secondary N) is 1. The van der Waals surface area contributed by atoms with Gasteiger partial charge in [0.15, 0.2) is 0 Å². The second kappa shape index (κ2) is 8.52. The molecule has 128 valence electrons. The summed E-state index contributed by atoms with van der Waals surface area (Å²) in [4.78, 5) is 16.9. The fraction of sp³-hybridized carbons (Fsp3) is 0.500. The van der Waals surface area contributed by atoms with Crippen molar-refractivity contribution >= 4 is 28.6 Å². The molecule has 3 rings (SSSR count). The quantitative estimate of drug-likeness (QED) is 0.807. The fourth-order valence-electron chi connectivity index (χ4n) is 3.40. The van der Waals surface area contributed by atoms with Crippen LogP contribution < -0.4 is 5.32 Å². The van der Waals surface area contributed by atoms with Crippen LogP contribution in [0.5, 0.6) is 0 Å². The fourth-order valence-corrected chi connectivity index (χ4v) is 4.19. The Morgan fingerprint density at radius 3 is 2.67 bits per heavy atom. The number of benzene rings is 1. The first-order chi connectivity index (χ1) is 11.7. The third-order valence-electron chi connectivity index (χ3n) is 4.72. The maximum absolute atomic E-state index is 12.3. The van der Waals surface area contributed by atoms with Gasteiger partial charge in [0.2, 0.25) is 5.91 Å². The molecule has 0 aliphatic heterocycles. The van der Waals surface area contributed by atoms with Crippen molar-refractivity contribution in [1.29, 1.82) is 0 Å². The first-order valence-electron chi connectivity index (χ1n) is 9.01. The number of aryl methyl sites for hydroxylation is 1. The monoisotopic (exact) mass is 342 g/mol. The van der Waals surface area contributed by atoms with Crippen LogP contribution in [0.25, 0.3) is 10.9 Å². The van der Waals surface area contributed by atoms with E-state index in [0.29, 0.717) is 11.8 Å². The van der Waals surface area contributed by atoms with Gasteiger partial charge in [-0.3, -0.25) is 4.79 Å². The van der Waals surface area contributed by atoms with Gasteiger partial charge >= 0.3 is 0 Å². The molecule has 1 saturated carbocycles. The molecule has 1 aromatic heterocycles. The van der Waals surface area contributed by atoms with E-state index in [1.54, 1.807) is 0 Å². The van der Waals surface area contributed by atoms with E-state index >= 15 is 0 Å². The first-order valence-corrected chi connectivity index (χ1v) is 9.99. The number of carbonyl (C=O) groups excluding carboxylic acids is 1. The molecule has 4 heteroatoms. The van der Waals surface area contributed by atoms with E-state index in [2.05, 4.69) is 29.4 Å². The minimum absolute atomic E-state index is 0.137. The predicted molar refractivity (Wildman–Crippen MR) is 101 cm³/mol. The largest absolute Gasteiger partial charge is 0.353 e. The molecule has 1 heterocycles. The van der Waals surface area contributed by atoms with Crippen molar-refractivity contribution in [3.63, 3.8) is 0 Å². The minimum Gasteiger partial charge on any atom is -0.353 e. The topological polar surface area (TPSA) is 42.0 Å². The van der Waals surface area contributed by atoms with Gasteiger partial charge in [-0.05, 0) is 37.5 Å². The van der Waals surface area contributed by atoms with Crippen LogP contribution in [0.4, 0.5) is 0 Å². The predicted octanol–water partition coefficient (Wildman–Crippen LogP) is 4.86. The number of hydrogen-bond donors (Lipinski definition) is 1. The molecule has 1 aliphatic rings. The van der Waals surface area contributed by atoms with Gasteiger partial charge in [-0.25, -0.2) is 4.98 Å². The summed E-state index contributed by atoms with van der Waals surface area (Å²) in [7, 11) is 0. The van der Waals surface area contributed by atoms with E-state index in [4.69, 9.17) is 0 Å². The lowest BCUT2D eigenvalue weighted by Crippen LogP contribution is -2.36. The number of aromatic nitrogens is 1. The second-order valence-electron chi connectivity index (χ2n) is 6.69. The second-order valence-corrected chi connectivity index (χ2v) is 7.69. The average molecular weight is 343 g/mol. The van der Waals surface area contributed by atoms with Gasteiger partial charge < -0.3 is 5.32 Å². The van der Waals surface area contributed by atoms with Crippen LogP contribution in [-0.2, 0) is 4.79 Å². The van der Waals surface area contributed by atoms with Gasteiger partial charge in [0.25, 0.3) is 0 Å². The Labute approximate surface area is 148 Å². The normalized spacial score (nSPS) is 16.5. The number of amides is 1. The molecule has 0 saturated heterocycles. The van der Waals surface area contributed by atoms with Crippen molar-refractivity contribution in [2.75, 3.05) is 5.75 Å². The Kier molecular flexibility index (Phi) is 6.13. The van der Waals surface area contributed by atoms with Crippen LogP contribution in [0.15, 0.2) is 35.4 Å². The summed E-state index contributed by atoms with van der Waals surface area (Å²) >= 11 is 1.53. The summed E-state index contributed by atoms with van der Waals surface area (Å²) < 4.78 is 0. The molecular formula is C20H26N2OS. The maximum Gasteiger partial charge on any atom is 0.230 e. The summed E-state index contributed by atoms with van der Waals surface area (Å²) in [6, 6.07) is 10.6. The molecule has 0 unspecified atom stereocenters. The Morgan fingerprint density at radius 2 is 1.88 bits per heavy atom. The first kappa shape index (κ1) is 17.3. The molecular weight excluding hydrogens is 316 g/mol. The van der Waals surface area contributed by atoms with Gasteiger partial charge in [0.05, 0.1) is 16.3 Å². The van der Waals surface area contributed by atoms with E-state index in [-0.39, 0.29) is 5.91 Å². The number of rotatable bonds is 4. The lowest BCUT2D eigenvalue weighted by atomic mass is 9.97. The van der Waals surface area contributed by atoms with Crippen LogP contribution in [0.2, 0.25) is 0 Å². The lowest BCUT2D eigenvalue weighted by molar-refractivity contribution is -0.119. The van der Waals surface area contributed by atoms with Gasteiger partial charge in [0, 0.05) is 11.4 Å². The Bertz CT molecular complexity index is 693. The molecule has 2 aromatic rings. The van der Waals surface area contributed by atoms with Gasteiger partial charge in [-0.15, -0.1) is 0 Å². The third kappa shape index (κ3) is 4.73. The number of para-hydroxylation sites is 1. The summed E-state index contributed by atoms with van der Waals surface area (Å²) in [6.07, 6.45) is 8.70. The van der Waals surface area contributed by atoms with E-state index in [0.717, 1.165) is 23.4 Å². The number of fused-ring (bicyclic) bond motifs is 1. The molecule has 1 amide bonds. The molecule has 1 fully saturated rings. The standard InChI is InChI=1S/C20H26N2OS/c1-15-13-20(22-18-12-8-7-11-17(15)18)24-14-19(23)21-16-9-5-3-2-4-6-10-16/h7-8,11-13,16H,2-6,9-10,14H2,1H3,(H,21,23). The van der Waals surface area contributed by atoms with E-state index < -0.39 is 0 Å². The number of hydrogen-bond acceptors (Lipinski definition) is 3.